The van der Waals surface area contributed by atoms with Gasteiger partial charge in [0.1, 0.15) is 0 Å². The van der Waals surface area contributed by atoms with Gasteiger partial charge in [-0.3, -0.25) is 4.79 Å². The highest BCUT2D eigenvalue weighted by molar-refractivity contribution is 5.98. The lowest BCUT2D eigenvalue weighted by Crippen LogP contribution is -2.34. The van der Waals surface area contributed by atoms with E-state index >= 15 is 0 Å². The van der Waals surface area contributed by atoms with Gasteiger partial charge in [0.15, 0.2) is 0 Å². The van der Waals surface area contributed by atoms with Crippen molar-refractivity contribution in [3.63, 3.8) is 0 Å². The monoisotopic (exact) mass is 438 g/mol. The van der Waals surface area contributed by atoms with Crippen LogP contribution in [-0.2, 0) is 0 Å². The maximum absolute atomic E-state index is 13.4. The van der Waals surface area contributed by atoms with Gasteiger partial charge >= 0.3 is 0 Å². The van der Waals surface area contributed by atoms with Crippen LogP contribution in [0.5, 0.6) is 0 Å². The summed E-state index contributed by atoms with van der Waals surface area (Å²) in [7, 11) is 0. The average Bonchev–Trinajstić information content (AvgIpc) is 3.59. The molecule has 0 N–H and O–H groups in total. The Labute approximate surface area is 193 Å². The fourth-order valence-electron chi connectivity index (χ4n) is 4.80. The number of likely N-dealkylation sites (tertiary alicyclic amines) is 1. The second-order valence-electron chi connectivity index (χ2n) is 8.41. The minimum Gasteiger partial charge on any atom is -0.340 e. The van der Waals surface area contributed by atoms with Crippen LogP contribution >= 0.6 is 0 Å². The number of aromatic nitrogens is 4. The molecule has 7 heteroatoms. The van der Waals surface area contributed by atoms with E-state index in [0.29, 0.717) is 17.4 Å². The van der Waals surface area contributed by atoms with Crippen LogP contribution in [0, 0.1) is 11.8 Å². The molecule has 33 heavy (non-hydrogen) atoms. The summed E-state index contributed by atoms with van der Waals surface area (Å²) in [6.45, 7) is 10.8. The third-order valence-electron chi connectivity index (χ3n) is 6.40. The Bertz CT molecular complexity index is 1200. The maximum atomic E-state index is 13.4. The van der Waals surface area contributed by atoms with Gasteiger partial charge in [0, 0.05) is 56.6 Å². The standard InChI is InChI=1S/C26H26N6O/c1-3-8-19(4-2)23-11-13-27-26(29-23)31-17-20-15-30(16-21(20)18-31)25(33)22-9-5-6-10-24(22)32-14-7-12-28-32/h3-14,20-21H,1-2,15-18H2. The first kappa shape index (κ1) is 20.9. The number of fused-ring (bicyclic) bond motifs is 1. The Morgan fingerprint density at radius 1 is 1.00 bits per heavy atom. The number of anilines is 1. The molecule has 2 fully saturated rings. The highest BCUT2D eigenvalue weighted by atomic mass is 16.2. The summed E-state index contributed by atoms with van der Waals surface area (Å²) in [6.07, 6.45) is 10.8. The van der Waals surface area contributed by atoms with Crippen LogP contribution in [0.25, 0.3) is 11.3 Å². The third kappa shape index (κ3) is 3.98. The summed E-state index contributed by atoms with van der Waals surface area (Å²) in [5.41, 5.74) is 3.24. The number of allylic oxidation sites excluding steroid dienone is 4. The van der Waals surface area contributed by atoms with Crippen molar-refractivity contribution in [1.29, 1.82) is 0 Å². The van der Waals surface area contributed by atoms with E-state index in [2.05, 4.69) is 28.1 Å². The molecule has 2 unspecified atom stereocenters. The zero-order valence-corrected chi connectivity index (χ0v) is 18.4. The van der Waals surface area contributed by atoms with Gasteiger partial charge < -0.3 is 9.80 Å². The van der Waals surface area contributed by atoms with E-state index in [4.69, 9.17) is 4.98 Å². The first-order valence-corrected chi connectivity index (χ1v) is 11.1. The van der Waals surface area contributed by atoms with Crippen molar-refractivity contribution in [2.45, 2.75) is 0 Å². The molecule has 0 aliphatic carbocycles. The molecule has 4 heterocycles. The molecule has 0 saturated carbocycles. The summed E-state index contributed by atoms with van der Waals surface area (Å²) in [4.78, 5) is 26.8. The molecule has 2 aromatic heterocycles. The normalized spacial score (nSPS) is 20.1. The van der Waals surface area contributed by atoms with Gasteiger partial charge in [0.25, 0.3) is 5.91 Å². The smallest absolute Gasteiger partial charge is 0.256 e. The van der Waals surface area contributed by atoms with Gasteiger partial charge in [0.2, 0.25) is 5.95 Å². The van der Waals surface area contributed by atoms with Crippen molar-refractivity contribution in [2.75, 3.05) is 31.1 Å². The van der Waals surface area contributed by atoms with Crippen molar-refractivity contribution in [3.05, 3.63) is 97.6 Å². The Morgan fingerprint density at radius 3 is 2.48 bits per heavy atom. The number of hydrogen-bond donors (Lipinski definition) is 0. The van der Waals surface area contributed by atoms with Crippen molar-refractivity contribution >= 4 is 17.4 Å². The molecule has 0 radical (unpaired) electrons. The average molecular weight is 439 g/mol. The summed E-state index contributed by atoms with van der Waals surface area (Å²) in [6, 6.07) is 11.4. The van der Waals surface area contributed by atoms with Crippen molar-refractivity contribution in [1.82, 2.24) is 24.6 Å². The fourth-order valence-corrected chi connectivity index (χ4v) is 4.80. The van der Waals surface area contributed by atoms with Gasteiger partial charge in [-0.2, -0.15) is 5.10 Å². The Kier molecular flexibility index (Phi) is 5.60. The SMILES string of the molecule is C=CC=C(C=C)c1ccnc(N2CC3CN(C(=O)c4ccccc4-n4cccn4)CC3C2)n1. The molecule has 7 nitrogen and oxygen atoms in total. The van der Waals surface area contributed by atoms with E-state index in [1.807, 2.05) is 53.6 Å². The van der Waals surface area contributed by atoms with Crippen LogP contribution in [-0.4, -0.2) is 56.7 Å². The van der Waals surface area contributed by atoms with E-state index in [1.54, 1.807) is 29.2 Å². The molecular weight excluding hydrogens is 412 g/mol. The molecular formula is C26H26N6O. The van der Waals surface area contributed by atoms with Crippen LogP contribution < -0.4 is 4.90 Å². The number of hydrogen-bond acceptors (Lipinski definition) is 5. The lowest BCUT2D eigenvalue weighted by atomic mass is 10.0. The minimum absolute atomic E-state index is 0.0606. The van der Waals surface area contributed by atoms with Crippen LogP contribution in [0.15, 0.2) is 86.4 Å². The summed E-state index contributed by atoms with van der Waals surface area (Å²) in [5, 5.41) is 4.30. The summed E-state index contributed by atoms with van der Waals surface area (Å²) >= 11 is 0. The Hall–Kier alpha value is -4.00. The molecule has 2 aliphatic heterocycles. The van der Waals surface area contributed by atoms with Gasteiger partial charge in [-0.25, -0.2) is 14.6 Å². The number of amides is 1. The van der Waals surface area contributed by atoms with Crippen molar-refractivity contribution < 1.29 is 4.79 Å². The number of carbonyl (C=O) groups is 1. The first-order valence-electron chi connectivity index (χ1n) is 11.1. The lowest BCUT2D eigenvalue weighted by molar-refractivity contribution is 0.0782. The quantitative estimate of drug-likeness (QED) is 0.550. The number of benzene rings is 1. The minimum atomic E-state index is 0.0606. The van der Waals surface area contributed by atoms with Crippen LogP contribution in [0.1, 0.15) is 16.1 Å². The molecule has 3 aromatic rings. The molecule has 2 aliphatic rings. The second-order valence-corrected chi connectivity index (χ2v) is 8.41. The summed E-state index contributed by atoms with van der Waals surface area (Å²) < 4.78 is 1.74. The molecule has 5 rings (SSSR count). The zero-order chi connectivity index (χ0) is 22.8. The van der Waals surface area contributed by atoms with Crippen LogP contribution in [0.2, 0.25) is 0 Å². The van der Waals surface area contributed by atoms with E-state index in [1.165, 1.54) is 0 Å². The topological polar surface area (TPSA) is 67.2 Å². The van der Waals surface area contributed by atoms with E-state index in [0.717, 1.165) is 49.1 Å². The predicted octanol–water partition coefficient (Wildman–Crippen LogP) is 3.63. The number of nitrogens with zero attached hydrogens (tertiary/aromatic N) is 6. The highest BCUT2D eigenvalue weighted by Crippen LogP contribution is 2.34. The molecule has 2 atom stereocenters. The van der Waals surface area contributed by atoms with Gasteiger partial charge in [-0.15, -0.1) is 0 Å². The van der Waals surface area contributed by atoms with E-state index < -0.39 is 0 Å². The molecule has 166 valence electrons. The van der Waals surface area contributed by atoms with Gasteiger partial charge in [-0.05, 0) is 29.8 Å². The second kappa shape index (κ2) is 8.86. The maximum Gasteiger partial charge on any atom is 0.256 e. The predicted molar refractivity (Wildman–Crippen MR) is 129 cm³/mol. The lowest BCUT2D eigenvalue weighted by Gasteiger charge is -2.23. The zero-order valence-electron chi connectivity index (χ0n) is 18.4. The molecule has 1 amide bonds. The highest BCUT2D eigenvalue weighted by Gasteiger charge is 2.42. The Balaban J connectivity index is 1.29. The van der Waals surface area contributed by atoms with E-state index in [9.17, 15) is 4.79 Å². The third-order valence-corrected chi connectivity index (χ3v) is 6.40. The Morgan fingerprint density at radius 2 is 1.79 bits per heavy atom. The molecule has 0 bridgehead atoms. The van der Waals surface area contributed by atoms with E-state index in [-0.39, 0.29) is 5.91 Å². The van der Waals surface area contributed by atoms with Crippen LogP contribution in [0.3, 0.4) is 0 Å². The molecule has 2 saturated heterocycles. The number of carbonyl (C=O) groups excluding carboxylic acids is 1. The van der Waals surface area contributed by atoms with Crippen molar-refractivity contribution in [2.24, 2.45) is 11.8 Å². The van der Waals surface area contributed by atoms with Crippen molar-refractivity contribution in [3.8, 4) is 5.69 Å². The van der Waals surface area contributed by atoms with Gasteiger partial charge in [-0.1, -0.05) is 43.5 Å². The number of rotatable bonds is 6. The summed E-state index contributed by atoms with van der Waals surface area (Å²) in [5.74, 6) is 1.59. The molecule has 0 spiro atoms. The largest absolute Gasteiger partial charge is 0.340 e. The molecule has 1 aromatic carbocycles. The first-order chi connectivity index (χ1) is 16.2. The number of para-hydroxylation sites is 1. The van der Waals surface area contributed by atoms with Crippen LogP contribution in [0.4, 0.5) is 5.95 Å². The van der Waals surface area contributed by atoms with Gasteiger partial charge in [0.05, 0.1) is 16.9 Å². The fraction of sp³-hybridized carbons (Fsp3) is 0.231.